The Balaban J connectivity index is 2.09. The second kappa shape index (κ2) is 4.78. The molecule has 0 aromatic heterocycles. The molecule has 0 aromatic carbocycles. The lowest BCUT2D eigenvalue weighted by molar-refractivity contribution is -0.117. The molecule has 1 heteroatoms. The van der Waals surface area contributed by atoms with E-state index in [0.717, 1.165) is 19.3 Å². The third-order valence-electron chi connectivity index (χ3n) is 3.55. The van der Waals surface area contributed by atoms with Gasteiger partial charge in [0.1, 0.15) is 0 Å². The minimum Gasteiger partial charge on any atom is -0.294 e. The van der Waals surface area contributed by atoms with Crippen molar-refractivity contribution in [2.24, 2.45) is 11.8 Å². The van der Waals surface area contributed by atoms with Crippen molar-refractivity contribution in [3.05, 3.63) is 23.8 Å². The lowest BCUT2D eigenvalue weighted by Crippen LogP contribution is -2.19. The van der Waals surface area contributed by atoms with Crippen molar-refractivity contribution in [3.8, 4) is 0 Å². The van der Waals surface area contributed by atoms with E-state index >= 15 is 0 Å². The quantitative estimate of drug-likeness (QED) is 0.641. The van der Waals surface area contributed by atoms with Crippen molar-refractivity contribution in [1.29, 1.82) is 0 Å². The zero-order chi connectivity index (χ0) is 10.7. The van der Waals surface area contributed by atoms with Crippen LogP contribution in [0.2, 0.25) is 0 Å². The van der Waals surface area contributed by atoms with E-state index < -0.39 is 0 Å². The molecule has 3 aliphatic carbocycles. The molecular weight excluding hydrogens is 184 g/mol. The van der Waals surface area contributed by atoms with Gasteiger partial charge in [0.2, 0.25) is 0 Å². The number of fused-ring (bicyclic) bond motifs is 3. The van der Waals surface area contributed by atoms with Crippen molar-refractivity contribution in [1.82, 2.24) is 0 Å². The molecule has 0 saturated carbocycles. The average molecular weight is 204 g/mol. The van der Waals surface area contributed by atoms with Crippen LogP contribution >= 0.6 is 0 Å². The van der Waals surface area contributed by atoms with Crippen LogP contribution in [0.4, 0.5) is 0 Å². The summed E-state index contributed by atoms with van der Waals surface area (Å²) < 4.78 is 0. The maximum absolute atomic E-state index is 11.9. The molecule has 1 nitrogen and oxygen atoms in total. The molecule has 0 aliphatic heterocycles. The van der Waals surface area contributed by atoms with E-state index in [0.29, 0.717) is 11.7 Å². The first kappa shape index (κ1) is 10.7. The van der Waals surface area contributed by atoms with Gasteiger partial charge in [-0.2, -0.15) is 0 Å². The summed E-state index contributed by atoms with van der Waals surface area (Å²) in [4.78, 5) is 11.9. The summed E-state index contributed by atoms with van der Waals surface area (Å²) in [5.41, 5.74) is 1.39. The summed E-state index contributed by atoms with van der Waals surface area (Å²) in [6, 6.07) is 0. The third-order valence-corrected chi connectivity index (χ3v) is 3.55. The van der Waals surface area contributed by atoms with E-state index in [1.165, 1.54) is 24.8 Å². The molecule has 0 amide bonds. The van der Waals surface area contributed by atoms with Gasteiger partial charge in [-0.05, 0) is 44.1 Å². The van der Waals surface area contributed by atoms with Gasteiger partial charge in [0.25, 0.3) is 0 Å². The monoisotopic (exact) mass is 204 g/mol. The average Bonchev–Trinajstić information content (AvgIpc) is 2.24. The van der Waals surface area contributed by atoms with E-state index in [2.05, 4.69) is 19.1 Å². The predicted octanol–water partition coefficient (Wildman–Crippen LogP) is 3.66. The fraction of sp³-hybridized carbons (Fsp3) is 0.643. The molecule has 3 aliphatic rings. The minimum absolute atomic E-state index is 0.193. The van der Waals surface area contributed by atoms with Crippen molar-refractivity contribution >= 4 is 5.78 Å². The summed E-state index contributed by atoms with van der Waals surface area (Å²) in [6.45, 7) is 2.21. The van der Waals surface area contributed by atoms with Crippen LogP contribution in [-0.2, 0) is 4.79 Å². The lowest BCUT2D eigenvalue weighted by Gasteiger charge is -2.25. The Kier molecular flexibility index (Phi) is 3.40. The Bertz CT molecular complexity index is 298. The third kappa shape index (κ3) is 2.58. The Morgan fingerprint density at radius 3 is 2.87 bits per heavy atom. The standard InChI is InChI=1S/C14H20O/c1-2-3-4-12-9-11-5-7-13(8-6-11)14(15)10-12/h5,7,10-11,13H,2-4,6,8-9H2,1H3/b12-10-/t11-,13+/m1/s1. The van der Waals surface area contributed by atoms with Gasteiger partial charge in [-0.1, -0.05) is 31.1 Å². The van der Waals surface area contributed by atoms with Crippen molar-refractivity contribution in [3.63, 3.8) is 0 Å². The van der Waals surface area contributed by atoms with E-state index in [4.69, 9.17) is 0 Å². The molecule has 0 heterocycles. The summed E-state index contributed by atoms with van der Waals surface area (Å²) in [5.74, 6) is 1.24. The molecule has 15 heavy (non-hydrogen) atoms. The largest absolute Gasteiger partial charge is 0.294 e. The second-order valence-electron chi connectivity index (χ2n) is 4.84. The van der Waals surface area contributed by atoms with Gasteiger partial charge in [-0.25, -0.2) is 0 Å². The van der Waals surface area contributed by atoms with Crippen LogP contribution < -0.4 is 0 Å². The molecular formula is C14H20O. The lowest BCUT2D eigenvalue weighted by atomic mass is 9.79. The topological polar surface area (TPSA) is 17.1 Å². The first-order valence-corrected chi connectivity index (χ1v) is 6.21. The maximum atomic E-state index is 11.9. The summed E-state index contributed by atoms with van der Waals surface area (Å²) in [7, 11) is 0. The minimum atomic E-state index is 0.193. The normalized spacial score (nSPS) is 33.4. The zero-order valence-electron chi connectivity index (χ0n) is 9.54. The predicted molar refractivity (Wildman–Crippen MR) is 62.6 cm³/mol. The summed E-state index contributed by atoms with van der Waals surface area (Å²) >= 11 is 0. The zero-order valence-corrected chi connectivity index (χ0v) is 9.54. The Morgan fingerprint density at radius 2 is 2.20 bits per heavy atom. The smallest absolute Gasteiger partial charge is 0.162 e. The highest BCUT2D eigenvalue weighted by atomic mass is 16.1. The molecule has 2 atom stereocenters. The molecule has 0 saturated heterocycles. The summed E-state index contributed by atoms with van der Waals surface area (Å²) in [6.07, 6.45) is 13.3. The van der Waals surface area contributed by atoms with Gasteiger partial charge >= 0.3 is 0 Å². The van der Waals surface area contributed by atoms with Crippen molar-refractivity contribution in [2.45, 2.75) is 45.4 Å². The first-order chi connectivity index (χ1) is 7.29. The number of allylic oxidation sites excluding steroid dienone is 4. The Labute approximate surface area is 92.3 Å². The number of hydrogen-bond acceptors (Lipinski definition) is 1. The summed E-state index contributed by atoms with van der Waals surface area (Å²) in [5, 5.41) is 0. The van der Waals surface area contributed by atoms with E-state index in [1.807, 2.05) is 6.08 Å². The molecule has 0 unspecified atom stereocenters. The van der Waals surface area contributed by atoms with Crippen LogP contribution in [0.3, 0.4) is 0 Å². The van der Waals surface area contributed by atoms with Gasteiger partial charge in [0.05, 0.1) is 0 Å². The molecule has 0 fully saturated rings. The molecule has 0 spiro atoms. The second-order valence-corrected chi connectivity index (χ2v) is 4.84. The number of unbranched alkanes of at least 4 members (excludes halogenated alkanes) is 1. The van der Waals surface area contributed by atoms with Crippen LogP contribution in [0, 0.1) is 11.8 Å². The fourth-order valence-electron chi connectivity index (χ4n) is 2.57. The number of ketones is 1. The van der Waals surface area contributed by atoms with Gasteiger partial charge in [-0.15, -0.1) is 0 Å². The van der Waals surface area contributed by atoms with Crippen LogP contribution in [0.25, 0.3) is 0 Å². The maximum Gasteiger partial charge on any atom is 0.162 e. The van der Waals surface area contributed by atoms with Crippen LogP contribution in [0.5, 0.6) is 0 Å². The van der Waals surface area contributed by atoms with Crippen LogP contribution in [0.1, 0.15) is 45.4 Å². The molecule has 0 N–H and O–H groups in total. The Morgan fingerprint density at radius 1 is 1.33 bits per heavy atom. The van der Waals surface area contributed by atoms with E-state index in [1.54, 1.807) is 0 Å². The first-order valence-electron chi connectivity index (χ1n) is 6.21. The van der Waals surface area contributed by atoms with Crippen LogP contribution in [0.15, 0.2) is 23.8 Å². The molecule has 0 radical (unpaired) electrons. The number of carbonyl (C=O) groups is 1. The number of carbonyl (C=O) groups excluding carboxylic acids is 1. The van der Waals surface area contributed by atoms with Crippen LogP contribution in [-0.4, -0.2) is 5.78 Å². The van der Waals surface area contributed by atoms with E-state index in [9.17, 15) is 4.79 Å². The molecule has 0 aromatic rings. The number of rotatable bonds is 3. The molecule has 82 valence electrons. The highest BCUT2D eigenvalue weighted by molar-refractivity contribution is 5.94. The van der Waals surface area contributed by atoms with Gasteiger partial charge < -0.3 is 0 Å². The van der Waals surface area contributed by atoms with E-state index in [-0.39, 0.29) is 5.92 Å². The highest BCUT2D eigenvalue weighted by Crippen LogP contribution is 2.32. The SMILES string of the molecule is CCCC/C1=C/C(=O)[C@H]2C=C[C@H](CC2)C1. The van der Waals surface area contributed by atoms with Crippen molar-refractivity contribution in [2.75, 3.05) is 0 Å². The molecule has 3 rings (SSSR count). The highest BCUT2D eigenvalue weighted by Gasteiger charge is 2.24. The Hall–Kier alpha value is -0.850. The molecule has 2 bridgehead atoms. The van der Waals surface area contributed by atoms with Gasteiger partial charge in [0.15, 0.2) is 5.78 Å². The van der Waals surface area contributed by atoms with Crippen molar-refractivity contribution < 1.29 is 4.79 Å². The fourth-order valence-corrected chi connectivity index (χ4v) is 2.57. The van der Waals surface area contributed by atoms with Gasteiger partial charge in [-0.3, -0.25) is 4.79 Å². The number of hydrogen-bond donors (Lipinski definition) is 0. The van der Waals surface area contributed by atoms with Gasteiger partial charge in [0, 0.05) is 5.92 Å².